The zero-order chi connectivity index (χ0) is 11.1. The Morgan fingerprint density at radius 2 is 2.00 bits per heavy atom. The molecule has 2 rings (SSSR count). The van der Waals surface area contributed by atoms with Crippen molar-refractivity contribution in [3.63, 3.8) is 0 Å². The van der Waals surface area contributed by atoms with Crippen LogP contribution in [-0.2, 0) is 10.3 Å². The molecule has 1 fully saturated rings. The first-order valence-corrected chi connectivity index (χ1v) is 5.23. The van der Waals surface area contributed by atoms with Crippen LogP contribution in [0.3, 0.4) is 0 Å². The van der Waals surface area contributed by atoms with E-state index in [2.05, 4.69) is 0 Å². The molecule has 0 amide bonds. The summed E-state index contributed by atoms with van der Waals surface area (Å²) in [6.45, 7) is 0.935. The number of benzene rings is 1. The average Bonchev–Trinajstić information content (AvgIpc) is 2.19. The van der Waals surface area contributed by atoms with Gasteiger partial charge in [-0.25, -0.2) is 0 Å². The normalized spacial score (nSPS) is 18.4. The van der Waals surface area contributed by atoms with Crippen molar-refractivity contribution in [1.82, 2.24) is 0 Å². The molecular formula is C10H11Cl2NO2. The lowest BCUT2D eigenvalue weighted by atomic mass is 9.89. The van der Waals surface area contributed by atoms with E-state index in [1.54, 1.807) is 13.2 Å². The van der Waals surface area contributed by atoms with Gasteiger partial charge in [0.1, 0.15) is 10.8 Å². The standard InChI is InChI=1S/C10H11Cl2NO2/c1-14-7-3-2-6(8(11)9(7)12)10(13)4-15-5-10/h2-3H,4-5,13H2,1H3. The second-order valence-corrected chi connectivity index (χ2v) is 4.35. The van der Waals surface area contributed by atoms with Gasteiger partial charge in [0, 0.05) is 0 Å². The van der Waals surface area contributed by atoms with E-state index in [9.17, 15) is 0 Å². The molecule has 1 saturated heterocycles. The summed E-state index contributed by atoms with van der Waals surface area (Å²) < 4.78 is 10.1. The Morgan fingerprint density at radius 1 is 1.33 bits per heavy atom. The molecule has 0 atom stereocenters. The van der Waals surface area contributed by atoms with Crippen LogP contribution in [-0.4, -0.2) is 20.3 Å². The molecule has 0 radical (unpaired) electrons. The van der Waals surface area contributed by atoms with Gasteiger partial charge in [-0.2, -0.15) is 0 Å². The van der Waals surface area contributed by atoms with Crippen LogP contribution in [0.4, 0.5) is 0 Å². The predicted molar refractivity (Wildman–Crippen MR) is 59.7 cm³/mol. The Hall–Kier alpha value is -0.480. The number of hydrogen-bond acceptors (Lipinski definition) is 3. The van der Waals surface area contributed by atoms with Gasteiger partial charge in [-0.05, 0) is 11.6 Å². The average molecular weight is 248 g/mol. The number of hydrogen-bond donors (Lipinski definition) is 1. The number of methoxy groups -OCH3 is 1. The molecule has 0 saturated carbocycles. The fourth-order valence-electron chi connectivity index (χ4n) is 1.55. The summed E-state index contributed by atoms with van der Waals surface area (Å²) in [4.78, 5) is 0. The smallest absolute Gasteiger partial charge is 0.139 e. The van der Waals surface area contributed by atoms with Crippen LogP contribution >= 0.6 is 23.2 Å². The van der Waals surface area contributed by atoms with E-state index in [1.807, 2.05) is 6.07 Å². The van der Waals surface area contributed by atoms with Gasteiger partial charge in [0.25, 0.3) is 0 Å². The van der Waals surface area contributed by atoms with Crippen LogP contribution < -0.4 is 10.5 Å². The highest BCUT2D eigenvalue weighted by Gasteiger charge is 2.38. The zero-order valence-electron chi connectivity index (χ0n) is 8.22. The van der Waals surface area contributed by atoms with Gasteiger partial charge in [0.15, 0.2) is 0 Å². The molecule has 0 bridgehead atoms. The Bertz CT molecular complexity index is 391. The van der Waals surface area contributed by atoms with Crippen molar-refractivity contribution in [1.29, 1.82) is 0 Å². The van der Waals surface area contributed by atoms with E-state index >= 15 is 0 Å². The van der Waals surface area contributed by atoms with Crippen molar-refractivity contribution in [3.05, 3.63) is 27.7 Å². The quantitative estimate of drug-likeness (QED) is 0.872. The van der Waals surface area contributed by atoms with Gasteiger partial charge in [-0.1, -0.05) is 29.3 Å². The number of nitrogens with two attached hydrogens (primary N) is 1. The lowest BCUT2D eigenvalue weighted by Gasteiger charge is -2.38. The Labute approximate surface area is 98.1 Å². The Morgan fingerprint density at radius 3 is 2.47 bits per heavy atom. The third-order valence-corrected chi connectivity index (χ3v) is 3.39. The first kappa shape index (κ1) is 11.0. The number of halogens is 2. The van der Waals surface area contributed by atoms with Crippen molar-refractivity contribution in [2.75, 3.05) is 20.3 Å². The minimum absolute atomic E-state index is 0.397. The highest BCUT2D eigenvalue weighted by Crippen LogP contribution is 2.40. The lowest BCUT2D eigenvalue weighted by molar-refractivity contribution is -0.0568. The van der Waals surface area contributed by atoms with Gasteiger partial charge in [-0.3, -0.25) is 0 Å². The van der Waals surface area contributed by atoms with Gasteiger partial charge in [-0.15, -0.1) is 0 Å². The van der Waals surface area contributed by atoms with E-state index in [-0.39, 0.29) is 0 Å². The molecule has 2 N–H and O–H groups in total. The molecule has 0 aliphatic carbocycles. The fourth-order valence-corrected chi connectivity index (χ4v) is 2.14. The minimum Gasteiger partial charge on any atom is -0.495 e. The predicted octanol–water partition coefficient (Wildman–Crippen LogP) is 2.19. The van der Waals surface area contributed by atoms with Crippen LogP contribution in [0.15, 0.2) is 12.1 Å². The van der Waals surface area contributed by atoms with Crippen molar-refractivity contribution >= 4 is 23.2 Å². The summed E-state index contributed by atoms with van der Waals surface area (Å²) in [5.74, 6) is 0.550. The summed E-state index contributed by atoms with van der Waals surface area (Å²) in [5, 5.41) is 0.843. The molecule has 3 nitrogen and oxygen atoms in total. The summed E-state index contributed by atoms with van der Waals surface area (Å²) in [6.07, 6.45) is 0. The highest BCUT2D eigenvalue weighted by molar-refractivity contribution is 6.43. The molecular weight excluding hydrogens is 237 g/mol. The minimum atomic E-state index is -0.507. The number of rotatable bonds is 2. The maximum absolute atomic E-state index is 6.13. The molecule has 5 heteroatoms. The van der Waals surface area contributed by atoms with E-state index in [1.165, 1.54) is 0 Å². The third-order valence-electron chi connectivity index (χ3n) is 2.52. The number of ether oxygens (including phenoxy) is 2. The molecule has 15 heavy (non-hydrogen) atoms. The molecule has 1 aromatic rings. The molecule has 1 aliphatic rings. The van der Waals surface area contributed by atoms with Crippen molar-refractivity contribution in [2.45, 2.75) is 5.54 Å². The second kappa shape index (κ2) is 3.83. The molecule has 1 aliphatic heterocycles. The van der Waals surface area contributed by atoms with Crippen molar-refractivity contribution < 1.29 is 9.47 Å². The molecule has 1 aromatic carbocycles. The first-order valence-electron chi connectivity index (χ1n) is 4.47. The van der Waals surface area contributed by atoms with Crippen LogP contribution in [0.25, 0.3) is 0 Å². The highest BCUT2D eigenvalue weighted by atomic mass is 35.5. The summed E-state index contributed by atoms with van der Waals surface area (Å²) in [5.41, 5.74) is 6.38. The maximum atomic E-state index is 6.13. The lowest BCUT2D eigenvalue weighted by Crippen LogP contribution is -2.54. The molecule has 0 aromatic heterocycles. The maximum Gasteiger partial charge on any atom is 0.139 e. The monoisotopic (exact) mass is 247 g/mol. The first-order chi connectivity index (χ1) is 7.08. The topological polar surface area (TPSA) is 44.5 Å². The summed E-state index contributed by atoms with van der Waals surface area (Å²) in [6, 6.07) is 3.59. The van der Waals surface area contributed by atoms with Crippen LogP contribution in [0.2, 0.25) is 10.0 Å². The Balaban J connectivity index is 2.46. The van der Waals surface area contributed by atoms with E-state index in [4.69, 9.17) is 38.4 Å². The van der Waals surface area contributed by atoms with E-state index < -0.39 is 5.54 Å². The Kier molecular flexibility index (Phi) is 2.81. The summed E-state index contributed by atoms with van der Waals surface area (Å²) >= 11 is 12.2. The van der Waals surface area contributed by atoms with Gasteiger partial charge in [0.2, 0.25) is 0 Å². The molecule has 1 heterocycles. The van der Waals surface area contributed by atoms with E-state index in [0.717, 1.165) is 5.56 Å². The SMILES string of the molecule is COc1ccc(C2(N)COC2)c(Cl)c1Cl. The second-order valence-electron chi connectivity index (χ2n) is 3.59. The van der Waals surface area contributed by atoms with Crippen molar-refractivity contribution in [3.8, 4) is 5.75 Å². The van der Waals surface area contributed by atoms with Gasteiger partial charge >= 0.3 is 0 Å². The van der Waals surface area contributed by atoms with Crippen LogP contribution in [0.1, 0.15) is 5.56 Å². The third kappa shape index (κ3) is 1.70. The molecule has 0 unspecified atom stereocenters. The van der Waals surface area contributed by atoms with E-state index in [0.29, 0.717) is 29.0 Å². The van der Waals surface area contributed by atoms with Crippen LogP contribution in [0, 0.1) is 0 Å². The summed E-state index contributed by atoms with van der Waals surface area (Å²) in [7, 11) is 1.54. The largest absolute Gasteiger partial charge is 0.495 e. The molecule has 0 spiro atoms. The zero-order valence-corrected chi connectivity index (χ0v) is 9.73. The molecule has 82 valence electrons. The van der Waals surface area contributed by atoms with Crippen LogP contribution in [0.5, 0.6) is 5.75 Å². The fraction of sp³-hybridized carbons (Fsp3) is 0.400. The van der Waals surface area contributed by atoms with Gasteiger partial charge in [0.05, 0.1) is 30.9 Å². The van der Waals surface area contributed by atoms with Crippen molar-refractivity contribution in [2.24, 2.45) is 5.73 Å². The van der Waals surface area contributed by atoms with Gasteiger partial charge < -0.3 is 15.2 Å².